The first-order chi connectivity index (χ1) is 7.99. The van der Waals surface area contributed by atoms with Gasteiger partial charge in [-0.15, -0.1) is 0 Å². The number of aryl methyl sites for hydroxylation is 2. The summed E-state index contributed by atoms with van der Waals surface area (Å²) in [6, 6.07) is 0.521. The van der Waals surface area contributed by atoms with Crippen molar-refractivity contribution in [1.29, 1.82) is 0 Å². The molecule has 0 bridgehead atoms. The predicted molar refractivity (Wildman–Crippen MR) is 76.3 cm³/mol. The van der Waals surface area contributed by atoms with Gasteiger partial charge in [0.1, 0.15) is 0 Å². The number of aromatic nitrogens is 2. The van der Waals surface area contributed by atoms with E-state index in [-0.39, 0.29) is 0 Å². The van der Waals surface area contributed by atoms with Crippen molar-refractivity contribution < 1.29 is 0 Å². The Labute approximate surface area is 113 Å². The van der Waals surface area contributed by atoms with Crippen LogP contribution in [0.3, 0.4) is 0 Å². The van der Waals surface area contributed by atoms with Crippen LogP contribution in [0, 0.1) is 12.8 Å². The summed E-state index contributed by atoms with van der Waals surface area (Å²) in [5.41, 5.74) is 2.39. The molecule has 0 saturated carbocycles. The standard InChI is InChI=1S/C13H24BrN3/c1-6-17-12(13(14)10(4)16-17)8-11(15-5)7-9(2)3/h9,11,15H,6-8H2,1-5H3. The molecule has 3 nitrogen and oxygen atoms in total. The van der Waals surface area contributed by atoms with Crippen molar-refractivity contribution in [1.82, 2.24) is 15.1 Å². The van der Waals surface area contributed by atoms with E-state index in [1.165, 1.54) is 16.6 Å². The van der Waals surface area contributed by atoms with Gasteiger partial charge in [-0.1, -0.05) is 13.8 Å². The number of hydrogen-bond donors (Lipinski definition) is 1. The second-order valence-corrected chi connectivity index (χ2v) is 5.77. The van der Waals surface area contributed by atoms with E-state index < -0.39 is 0 Å². The molecule has 0 aromatic carbocycles. The van der Waals surface area contributed by atoms with E-state index >= 15 is 0 Å². The number of likely N-dealkylation sites (N-methyl/N-ethyl adjacent to an activating group) is 1. The number of rotatable bonds is 6. The van der Waals surface area contributed by atoms with Gasteiger partial charge in [0, 0.05) is 19.0 Å². The molecule has 1 N–H and O–H groups in total. The van der Waals surface area contributed by atoms with E-state index in [4.69, 9.17) is 0 Å². The highest BCUT2D eigenvalue weighted by Gasteiger charge is 2.17. The Bertz CT molecular complexity index is 358. The fraction of sp³-hybridized carbons (Fsp3) is 0.769. The van der Waals surface area contributed by atoms with E-state index in [1.54, 1.807) is 0 Å². The zero-order valence-electron chi connectivity index (χ0n) is 11.5. The summed E-state index contributed by atoms with van der Waals surface area (Å²) in [4.78, 5) is 0. The van der Waals surface area contributed by atoms with Gasteiger partial charge in [0.15, 0.2) is 0 Å². The molecule has 0 saturated heterocycles. The van der Waals surface area contributed by atoms with Crippen molar-refractivity contribution >= 4 is 15.9 Å². The van der Waals surface area contributed by atoms with Gasteiger partial charge in [0.2, 0.25) is 0 Å². The van der Waals surface area contributed by atoms with Gasteiger partial charge in [0.25, 0.3) is 0 Å². The molecule has 0 aliphatic rings. The SMILES string of the molecule is CCn1nc(C)c(Br)c1CC(CC(C)C)NC. The van der Waals surface area contributed by atoms with E-state index in [0.717, 1.165) is 18.7 Å². The van der Waals surface area contributed by atoms with Gasteiger partial charge in [-0.3, -0.25) is 4.68 Å². The molecule has 1 aromatic heterocycles. The summed E-state index contributed by atoms with van der Waals surface area (Å²) >= 11 is 3.65. The zero-order valence-corrected chi connectivity index (χ0v) is 13.1. The molecule has 0 aliphatic carbocycles. The highest BCUT2D eigenvalue weighted by Crippen LogP contribution is 2.23. The molecule has 17 heavy (non-hydrogen) atoms. The van der Waals surface area contributed by atoms with E-state index in [0.29, 0.717) is 12.0 Å². The molecular formula is C13H24BrN3. The molecule has 1 unspecified atom stereocenters. The third kappa shape index (κ3) is 3.81. The largest absolute Gasteiger partial charge is 0.317 e. The second kappa shape index (κ2) is 6.55. The fourth-order valence-electron chi connectivity index (χ4n) is 2.17. The Kier molecular flexibility index (Phi) is 5.67. The maximum absolute atomic E-state index is 4.54. The topological polar surface area (TPSA) is 29.9 Å². The van der Waals surface area contributed by atoms with E-state index in [9.17, 15) is 0 Å². The van der Waals surface area contributed by atoms with Gasteiger partial charge < -0.3 is 5.32 Å². The highest BCUT2D eigenvalue weighted by molar-refractivity contribution is 9.10. The lowest BCUT2D eigenvalue weighted by Crippen LogP contribution is -2.30. The fourth-order valence-corrected chi connectivity index (χ4v) is 2.62. The van der Waals surface area contributed by atoms with Crippen molar-refractivity contribution in [3.05, 3.63) is 15.9 Å². The van der Waals surface area contributed by atoms with Crippen molar-refractivity contribution in [2.45, 2.75) is 53.1 Å². The predicted octanol–water partition coefficient (Wildman–Crippen LogP) is 3.15. The molecule has 1 aromatic rings. The van der Waals surface area contributed by atoms with Gasteiger partial charge in [0.05, 0.1) is 15.9 Å². The average molecular weight is 302 g/mol. The van der Waals surface area contributed by atoms with Crippen molar-refractivity contribution in [3.8, 4) is 0 Å². The number of nitrogens with one attached hydrogen (secondary N) is 1. The van der Waals surface area contributed by atoms with Crippen LogP contribution in [0.15, 0.2) is 4.47 Å². The van der Waals surface area contributed by atoms with Gasteiger partial charge >= 0.3 is 0 Å². The first-order valence-corrected chi connectivity index (χ1v) is 7.17. The van der Waals surface area contributed by atoms with Crippen LogP contribution >= 0.6 is 15.9 Å². The monoisotopic (exact) mass is 301 g/mol. The van der Waals surface area contributed by atoms with Crippen LogP contribution < -0.4 is 5.32 Å². The first kappa shape index (κ1) is 14.7. The Morgan fingerprint density at radius 2 is 2.06 bits per heavy atom. The molecule has 0 aliphatic heterocycles. The maximum Gasteiger partial charge on any atom is 0.0738 e. The van der Waals surface area contributed by atoms with Gasteiger partial charge in [-0.25, -0.2) is 0 Å². The minimum absolute atomic E-state index is 0.521. The normalized spacial score (nSPS) is 13.4. The van der Waals surface area contributed by atoms with Crippen LogP contribution in [0.2, 0.25) is 0 Å². The first-order valence-electron chi connectivity index (χ1n) is 6.38. The maximum atomic E-state index is 4.54. The molecule has 1 heterocycles. The summed E-state index contributed by atoms with van der Waals surface area (Å²) in [7, 11) is 2.04. The molecule has 1 rings (SSSR count). The van der Waals surface area contributed by atoms with Crippen LogP contribution in [0.1, 0.15) is 38.6 Å². The zero-order chi connectivity index (χ0) is 13.0. The minimum Gasteiger partial charge on any atom is -0.317 e. The molecule has 1 atom stereocenters. The molecule has 0 amide bonds. The summed E-state index contributed by atoms with van der Waals surface area (Å²) in [5, 5.41) is 7.94. The smallest absolute Gasteiger partial charge is 0.0738 e. The van der Waals surface area contributed by atoms with Crippen LogP contribution in [-0.4, -0.2) is 22.9 Å². The van der Waals surface area contributed by atoms with Crippen molar-refractivity contribution in [2.24, 2.45) is 5.92 Å². The average Bonchev–Trinajstić information content (AvgIpc) is 2.55. The lowest BCUT2D eigenvalue weighted by Gasteiger charge is -2.19. The Hall–Kier alpha value is -0.350. The summed E-state index contributed by atoms with van der Waals surface area (Å²) in [6.07, 6.45) is 2.22. The molecular weight excluding hydrogens is 278 g/mol. The van der Waals surface area contributed by atoms with Gasteiger partial charge in [-0.05, 0) is 49.2 Å². The van der Waals surface area contributed by atoms with Crippen LogP contribution in [0.5, 0.6) is 0 Å². The molecule has 0 spiro atoms. The molecule has 98 valence electrons. The minimum atomic E-state index is 0.521. The van der Waals surface area contributed by atoms with Gasteiger partial charge in [-0.2, -0.15) is 5.10 Å². The number of halogens is 1. The van der Waals surface area contributed by atoms with Crippen molar-refractivity contribution in [3.63, 3.8) is 0 Å². The Morgan fingerprint density at radius 1 is 1.41 bits per heavy atom. The second-order valence-electron chi connectivity index (χ2n) is 4.98. The van der Waals surface area contributed by atoms with E-state index in [2.05, 4.69) is 58.7 Å². The van der Waals surface area contributed by atoms with Crippen LogP contribution in [0.25, 0.3) is 0 Å². The molecule has 0 fully saturated rings. The van der Waals surface area contributed by atoms with Crippen molar-refractivity contribution in [2.75, 3.05) is 7.05 Å². The number of hydrogen-bond acceptors (Lipinski definition) is 2. The molecule has 4 heteroatoms. The summed E-state index contributed by atoms with van der Waals surface area (Å²) in [6.45, 7) is 9.65. The Morgan fingerprint density at radius 3 is 2.53 bits per heavy atom. The highest BCUT2D eigenvalue weighted by atomic mass is 79.9. The molecule has 0 radical (unpaired) electrons. The number of nitrogens with zero attached hydrogens (tertiary/aromatic N) is 2. The summed E-state index contributed by atoms with van der Waals surface area (Å²) < 4.78 is 3.27. The van der Waals surface area contributed by atoms with Crippen LogP contribution in [-0.2, 0) is 13.0 Å². The van der Waals surface area contributed by atoms with E-state index in [1.807, 2.05) is 7.05 Å². The lowest BCUT2D eigenvalue weighted by molar-refractivity contribution is 0.429. The quantitative estimate of drug-likeness (QED) is 0.875. The summed E-state index contributed by atoms with van der Waals surface area (Å²) in [5.74, 6) is 0.713. The third-order valence-corrected chi connectivity index (χ3v) is 4.09. The third-order valence-electron chi connectivity index (χ3n) is 3.06. The lowest BCUT2D eigenvalue weighted by atomic mass is 10.00. The Balaban J connectivity index is 2.84. The van der Waals surface area contributed by atoms with Crippen LogP contribution in [0.4, 0.5) is 0 Å².